The number of carbonyl (C=O) groups excluding carboxylic acids is 4. The minimum absolute atomic E-state index is 0.0913. The van der Waals surface area contributed by atoms with Crippen molar-refractivity contribution in [3.63, 3.8) is 0 Å². The molecule has 0 aromatic heterocycles. The zero-order valence-corrected chi connectivity index (χ0v) is 29.2. The van der Waals surface area contributed by atoms with Gasteiger partial charge in [-0.2, -0.15) is 0 Å². The fourth-order valence-corrected chi connectivity index (χ4v) is 9.53. The number of ketones is 2. The van der Waals surface area contributed by atoms with Crippen LogP contribution in [0.4, 0.5) is 5.69 Å². The Morgan fingerprint density at radius 3 is 2.06 bits per heavy atom. The summed E-state index contributed by atoms with van der Waals surface area (Å²) in [5, 5.41) is 10.7. The summed E-state index contributed by atoms with van der Waals surface area (Å²) in [5.74, 6) is -4.26. The highest BCUT2D eigenvalue weighted by atomic mass is 16.5. The highest BCUT2D eigenvalue weighted by molar-refractivity contribution is 6.32. The number of anilines is 1. The fourth-order valence-electron chi connectivity index (χ4n) is 9.53. The molecule has 1 heterocycles. The molecule has 8 rings (SSSR count). The molecular weight excluding hydrogens is 654 g/mol. The number of amides is 2. The van der Waals surface area contributed by atoms with E-state index in [0.29, 0.717) is 28.0 Å². The van der Waals surface area contributed by atoms with Crippen molar-refractivity contribution in [3.8, 4) is 17.2 Å². The number of methoxy groups -OCH3 is 2. The number of hydrogen-bond acceptors (Lipinski definition) is 7. The van der Waals surface area contributed by atoms with E-state index in [1.807, 2.05) is 97.9 Å². The number of imide groups is 1. The molecule has 0 unspecified atom stereocenters. The third-order valence-corrected chi connectivity index (χ3v) is 11.8. The first-order valence-electron chi connectivity index (χ1n) is 17.8. The van der Waals surface area contributed by atoms with Crippen molar-refractivity contribution in [2.24, 2.45) is 23.7 Å². The van der Waals surface area contributed by atoms with E-state index >= 15 is 9.59 Å². The second kappa shape index (κ2) is 12.8. The van der Waals surface area contributed by atoms with Crippen LogP contribution in [0.25, 0.3) is 5.57 Å². The maximum Gasteiger partial charge on any atom is 0.238 e. The number of phenolic OH excluding ortho intramolecular Hbond substituents is 1. The Labute approximate surface area is 302 Å². The van der Waals surface area contributed by atoms with E-state index in [1.165, 1.54) is 37.3 Å². The van der Waals surface area contributed by atoms with Gasteiger partial charge in [0.25, 0.3) is 0 Å². The van der Waals surface area contributed by atoms with Crippen molar-refractivity contribution >= 4 is 34.6 Å². The van der Waals surface area contributed by atoms with E-state index in [4.69, 9.17) is 9.47 Å². The number of allylic oxidation sites excluding steroid dienone is 4. The Bertz CT molecular complexity index is 2150. The molecule has 0 bridgehead atoms. The summed E-state index contributed by atoms with van der Waals surface area (Å²) in [6.07, 6.45) is 4.77. The van der Waals surface area contributed by atoms with Crippen LogP contribution in [0.5, 0.6) is 17.2 Å². The molecule has 4 aromatic carbocycles. The van der Waals surface area contributed by atoms with Crippen molar-refractivity contribution in [1.29, 1.82) is 0 Å². The zero-order valence-electron chi connectivity index (χ0n) is 29.2. The van der Waals surface area contributed by atoms with Crippen LogP contribution in [0.1, 0.15) is 47.9 Å². The molecule has 3 aliphatic carbocycles. The summed E-state index contributed by atoms with van der Waals surface area (Å²) < 4.78 is 11.9. The minimum atomic E-state index is -1.47. The van der Waals surface area contributed by atoms with Gasteiger partial charge in [-0.25, -0.2) is 0 Å². The minimum Gasteiger partial charge on any atom is -0.508 e. The van der Waals surface area contributed by atoms with Crippen LogP contribution in [0.15, 0.2) is 115 Å². The van der Waals surface area contributed by atoms with E-state index in [1.54, 1.807) is 0 Å². The first kappa shape index (κ1) is 33.4. The summed E-state index contributed by atoms with van der Waals surface area (Å²) in [6.45, 7) is 2.05. The molecule has 4 aromatic rings. The first-order chi connectivity index (χ1) is 25.2. The van der Waals surface area contributed by atoms with E-state index in [9.17, 15) is 14.7 Å². The highest BCUT2D eigenvalue weighted by Gasteiger charge is 2.66. The Morgan fingerprint density at radius 2 is 1.44 bits per heavy atom. The Morgan fingerprint density at radius 1 is 0.808 bits per heavy atom. The lowest BCUT2D eigenvalue weighted by Crippen LogP contribution is -2.59. The number of rotatable bonds is 7. The third-order valence-electron chi connectivity index (χ3n) is 11.8. The van der Waals surface area contributed by atoms with Gasteiger partial charge in [0.1, 0.15) is 17.2 Å². The number of aryl methyl sites for hydroxylation is 1. The van der Waals surface area contributed by atoms with Gasteiger partial charge in [0.05, 0.1) is 37.2 Å². The monoisotopic (exact) mass is 693 g/mol. The lowest BCUT2D eigenvalue weighted by atomic mass is 9.44. The summed E-state index contributed by atoms with van der Waals surface area (Å²) in [7, 11) is 2.97. The van der Waals surface area contributed by atoms with Crippen LogP contribution < -0.4 is 14.4 Å². The molecule has 1 saturated carbocycles. The van der Waals surface area contributed by atoms with Gasteiger partial charge < -0.3 is 14.6 Å². The SMILES string of the molecule is CCc1ccc(N2C(=O)[C@H]3[C@H](CC=C4[C@H]3C[C@H]3C(=O)C(c5ccccc5)=CC(=O)[C@@]3(c3ccccc3)[C@H]4c3c(OC)cc(O)cc3OC)C2=O)cc1. The maximum absolute atomic E-state index is 15.3. The second-order valence-electron chi connectivity index (χ2n) is 14.1. The van der Waals surface area contributed by atoms with Crippen LogP contribution in [-0.4, -0.2) is 42.7 Å². The molecule has 8 heteroatoms. The molecule has 0 radical (unpaired) electrons. The van der Waals surface area contributed by atoms with Gasteiger partial charge in [0.2, 0.25) is 11.8 Å². The molecule has 0 spiro atoms. The molecule has 1 N–H and O–H groups in total. The summed E-state index contributed by atoms with van der Waals surface area (Å²) in [6, 6.07) is 29.0. The van der Waals surface area contributed by atoms with Gasteiger partial charge in [-0.15, -0.1) is 0 Å². The number of benzene rings is 4. The molecule has 2 fully saturated rings. The number of ether oxygens (including phenoxy) is 2. The molecule has 52 heavy (non-hydrogen) atoms. The van der Waals surface area contributed by atoms with E-state index in [-0.39, 0.29) is 53.5 Å². The molecule has 8 nitrogen and oxygen atoms in total. The molecule has 1 aliphatic heterocycles. The van der Waals surface area contributed by atoms with Crippen LogP contribution >= 0.6 is 0 Å². The summed E-state index contributed by atoms with van der Waals surface area (Å²) in [5.41, 5.74) is 3.03. The molecular formula is C44H39NO7. The molecule has 2 amide bonds. The third kappa shape index (κ3) is 4.80. The average molecular weight is 694 g/mol. The molecule has 6 atom stereocenters. The standard InChI is InChI=1S/C44H39NO7/c1-4-25-15-17-28(18-16-25)45-42(49)31-20-19-30-33(38(31)43(45)50)23-34-41(48)32(26-11-7-5-8-12-26)24-37(47)44(34,27-13-9-6-10-14-27)40(30)39-35(51-2)21-29(46)22-36(39)52-3/h5-19,21-22,24,31,33-34,38,40,46H,4,20,23H2,1-3H3/t31-,33+,34-,38-,40+,44-/m0/s1. The van der Waals surface area contributed by atoms with Crippen LogP contribution in [0.2, 0.25) is 0 Å². The van der Waals surface area contributed by atoms with Crippen molar-refractivity contribution in [2.45, 2.75) is 37.5 Å². The Kier molecular flexibility index (Phi) is 8.20. The molecule has 4 aliphatic rings. The summed E-state index contributed by atoms with van der Waals surface area (Å²) >= 11 is 0. The number of phenols is 1. The van der Waals surface area contributed by atoms with E-state index in [2.05, 4.69) is 0 Å². The largest absolute Gasteiger partial charge is 0.508 e. The van der Waals surface area contributed by atoms with Crippen LogP contribution in [0, 0.1) is 23.7 Å². The second-order valence-corrected chi connectivity index (χ2v) is 14.1. The highest BCUT2D eigenvalue weighted by Crippen LogP contribution is 2.65. The van der Waals surface area contributed by atoms with Gasteiger partial charge >= 0.3 is 0 Å². The van der Waals surface area contributed by atoms with Crippen LogP contribution in [0.3, 0.4) is 0 Å². The van der Waals surface area contributed by atoms with Crippen LogP contribution in [-0.2, 0) is 31.0 Å². The van der Waals surface area contributed by atoms with Crippen molar-refractivity contribution in [1.82, 2.24) is 0 Å². The van der Waals surface area contributed by atoms with Gasteiger partial charge in [-0.05, 0) is 60.1 Å². The van der Waals surface area contributed by atoms with Gasteiger partial charge in [0.15, 0.2) is 11.6 Å². The van der Waals surface area contributed by atoms with Gasteiger partial charge in [-0.3, -0.25) is 24.1 Å². The smallest absolute Gasteiger partial charge is 0.238 e. The number of aromatic hydroxyl groups is 1. The van der Waals surface area contributed by atoms with Gasteiger partial charge in [0, 0.05) is 35.1 Å². The average Bonchev–Trinajstić information content (AvgIpc) is 3.44. The van der Waals surface area contributed by atoms with E-state index < -0.39 is 35.0 Å². The number of fused-ring (bicyclic) bond motifs is 4. The topological polar surface area (TPSA) is 110 Å². The van der Waals surface area contributed by atoms with Crippen molar-refractivity contribution in [3.05, 3.63) is 137 Å². The van der Waals surface area contributed by atoms with Crippen molar-refractivity contribution in [2.75, 3.05) is 19.1 Å². The maximum atomic E-state index is 15.3. The predicted molar refractivity (Wildman–Crippen MR) is 196 cm³/mol. The van der Waals surface area contributed by atoms with Gasteiger partial charge in [-0.1, -0.05) is 91.4 Å². The van der Waals surface area contributed by atoms with Crippen molar-refractivity contribution < 1.29 is 33.8 Å². The number of hydrogen-bond donors (Lipinski definition) is 1. The zero-order chi connectivity index (χ0) is 36.3. The quantitative estimate of drug-likeness (QED) is 0.164. The Hall–Kier alpha value is -5.76. The lowest BCUT2D eigenvalue weighted by molar-refractivity contribution is -0.135. The fraction of sp³-hybridized carbons (Fsp3) is 0.273. The molecule has 262 valence electrons. The number of carbonyl (C=O) groups is 4. The van der Waals surface area contributed by atoms with E-state index in [0.717, 1.165) is 17.6 Å². The predicted octanol–water partition coefficient (Wildman–Crippen LogP) is 7.00. The number of Topliss-reactive ketones (excluding diaryl/α,β-unsaturated/α-hetero) is 1. The normalized spacial score (nSPS) is 26.6. The number of nitrogens with zero attached hydrogens (tertiary/aromatic N) is 1. The molecule has 1 saturated heterocycles. The first-order valence-corrected chi connectivity index (χ1v) is 17.8. The summed E-state index contributed by atoms with van der Waals surface area (Å²) in [4.78, 5) is 60.6. The lowest BCUT2D eigenvalue weighted by Gasteiger charge is -2.55. The Balaban J connectivity index is 1.39.